The third kappa shape index (κ3) is 2.19. The number of hydrogen-bond acceptors (Lipinski definition) is 4. The second-order valence-corrected chi connectivity index (χ2v) is 4.90. The number of ketones is 1. The first-order valence-electron chi connectivity index (χ1n) is 6.86. The number of hydrogen-bond donors (Lipinski definition) is 0. The van der Waals surface area contributed by atoms with Crippen LogP contribution in [0, 0.1) is 0 Å². The summed E-state index contributed by atoms with van der Waals surface area (Å²) in [6.45, 7) is 5.30. The van der Waals surface area contributed by atoms with Crippen molar-refractivity contribution in [2.75, 3.05) is 6.61 Å². The van der Waals surface area contributed by atoms with Crippen LogP contribution in [0.5, 0.6) is 5.75 Å². The SMILES string of the molecule is C=CCOc1ccc(C(C)=O)c2oc3ccccc3c(=O)c12. The zero-order chi connectivity index (χ0) is 15.7. The second kappa shape index (κ2) is 5.48. The lowest BCUT2D eigenvalue weighted by Gasteiger charge is -2.10. The van der Waals surface area contributed by atoms with Gasteiger partial charge in [-0.25, -0.2) is 0 Å². The van der Waals surface area contributed by atoms with Crippen molar-refractivity contribution in [1.29, 1.82) is 0 Å². The maximum absolute atomic E-state index is 12.8. The minimum absolute atomic E-state index is 0.168. The molecule has 3 rings (SSSR count). The standard InChI is InChI=1S/C18H14O4/c1-3-10-21-15-9-8-12(11(2)19)18-16(15)17(20)13-6-4-5-7-14(13)22-18/h3-9H,1,10H2,2H3. The minimum atomic E-state index is -0.209. The summed E-state index contributed by atoms with van der Waals surface area (Å²) in [4.78, 5) is 24.6. The van der Waals surface area contributed by atoms with E-state index in [1.807, 2.05) is 0 Å². The van der Waals surface area contributed by atoms with E-state index in [2.05, 4.69) is 6.58 Å². The Morgan fingerprint density at radius 1 is 1.27 bits per heavy atom. The number of carbonyl (C=O) groups is 1. The molecule has 110 valence electrons. The molecule has 0 N–H and O–H groups in total. The molecule has 0 bridgehead atoms. The van der Waals surface area contributed by atoms with Gasteiger partial charge in [-0.1, -0.05) is 24.8 Å². The van der Waals surface area contributed by atoms with Crippen LogP contribution in [0.3, 0.4) is 0 Å². The summed E-state index contributed by atoms with van der Waals surface area (Å²) in [6.07, 6.45) is 1.59. The van der Waals surface area contributed by atoms with Gasteiger partial charge in [0.2, 0.25) is 5.43 Å². The van der Waals surface area contributed by atoms with Crippen molar-refractivity contribution < 1.29 is 13.9 Å². The Kier molecular flexibility index (Phi) is 3.51. The fourth-order valence-electron chi connectivity index (χ4n) is 2.42. The molecule has 0 aliphatic rings. The first-order valence-corrected chi connectivity index (χ1v) is 6.86. The van der Waals surface area contributed by atoms with E-state index in [0.717, 1.165) is 0 Å². The average molecular weight is 294 g/mol. The molecular weight excluding hydrogens is 280 g/mol. The van der Waals surface area contributed by atoms with E-state index in [0.29, 0.717) is 22.3 Å². The number of Topliss-reactive ketones (excluding diaryl/α,β-unsaturated/α-hetero) is 1. The van der Waals surface area contributed by atoms with Crippen molar-refractivity contribution in [1.82, 2.24) is 0 Å². The van der Waals surface area contributed by atoms with E-state index in [1.165, 1.54) is 6.92 Å². The summed E-state index contributed by atoms with van der Waals surface area (Å²) in [7, 11) is 0. The highest BCUT2D eigenvalue weighted by atomic mass is 16.5. The summed E-state index contributed by atoms with van der Waals surface area (Å²) < 4.78 is 11.4. The van der Waals surface area contributed by atoms with Gasteiger partial charge in [0.1, 0.15) is 23.3 Å². The summed E-state index contributed by atoms with van der Waals surface area (Å²) in [5.41, 5.74) is 0.865. The maximum Gasteiger partial charge on any atom is 0.204 e. The van der Waals surface area contributed by atoms with Gasteiger partial charge in [0, 0.05) is 0 Å². The lowest BCUT2D eigenvalue weighted by Crippen LogP contribution is -2.08. The van der Waals surface area contributed by atoms with Gasteiger partial charge in [-0.05, 0) is 31.2 Å². The Balaban J connectivity index is 2.47. The van der Waals surface area contributed by atoms with E-state index in [4.69, 9.17) is 9.15 Å². The Bertz CT molecular complexity index is 950. The molecule has 0 saturated heterocycles. The Hall–Kier alpha value is -2.88. The molecule has 4 nitrogen and oxygen atoms in total. The summed E-state index contributed by atoms with van der Waals surface area (Å²) in [6, 6.07) is 10.2. The van der Waals surface area contributed by atoms with Crippen LogP contribution in [0.15, 0.2) is 58.3 Å². The molecule has 22 heavy (non-hydrogen) atoms. The average Bonchev–Trinajstić information content (AvgIpc) is 2.52. The number of ether oxygens (including phenoxy) is 1. The maximum atomic E-state index is 12.8. The quantitative estimate of drug-likeness (QED) is 0.418. The lowest BCUT2D eigenvalue weighted by atomic mass is 10.0. The lowest BCUT2D eigenvalue weighted by molar-refractivity contribution is 0.101. The van der Waals surface area contributed by atoms with Crippen LogP contribution < -0.4 is 10.2 Å². The third-order valence-corrected chi connectivity index (χ3v) is 3.43. The van der Waals surface area contributed by atoms with Crippen molar-refractivity contribution in [3.63, 3.8) is 0 Å². The smallest absolute Gasteiger partial charge is 0.204 e. The van der Waals surface area contributed by atoms with E-state index in [-0.39, 0.29) is 28.8 Å². The molecule has 0 unspecified atom stereocenters. The molecular formula is C18H14O4. The molecule has 0 amide bonds. The molecule has 3 aromatic rings. The molecule has 0 aliphatic heterocycles. The fraction of sp³-hybridized carbons (Fsp3) is 0.111. The third-order valence-electron chi connectivity index (χ3n) is 3.43. The van der Waals surface area contributed by atoms with Gasteiger partial charge in [-0.2, -0.15) is 0 Å². The van der Waals surface area contributed by atoms with Gasteiger partial charge in [0.05, 0.1) is 10.9 Å². The predicted molar refractivity (Wildman–Crippen MR) is 85.7 cm³/mol. The largest absolute Gasteiger partial charge is 0.489 e. The number of para-hydroxylation sites is 1. The van der Waals surface area contributed by atoms with Crippen LogP contribution in [0.25, 0.3) is 21.9 Å². The fourth-order valence-corrected chi connectivity index (χ4v) is 2.42. The van der Waals surface area contributed by atoms with Crippen LogP contribution in [0.1, 0.15) is 17.3 Å². The highest BCUT2D eigenvalue weighted by Crippen LogP contribution is 2.29. The summed E-state index contributed by atoms with van der Waals surface area (Å²) in [5.74, 6) is 0.220. The van der Waals surface area contributed by atoms with Crippen molar-refractivity contribution in [2.45, 2.75) is 6.92 Å². The van der Waals surface area contributed by atoms with Crippen molar-refractivity contribution in [3.8, 4) is 5.75 Å². The minimum Gasteiger partial charge on any atom is -0.489 e. The summed E-state index contributed by atoms with van der Waals surface area (Å²) in [5, 5.41) is 0.743. The van der Waals surface area contributed by atoms with Gasteiger partial charge in [-0.3, -0.25) is 9.59 Å². The second-order valence-electron chi connectivity index (χ2n) is 4.90. The van der Waals surface area contributed by atoms with Gasteiger partial charge in [-0.15, -0.1) is 0 Å². The van der Waals surface area contributed by atoms with Crippen molar-refractivity contribution >= 4 is 27.7 Å². The highest BCUT2D eigenvalue weighted by molar-refractivity contribution is 6.08. The van der Waals surface area contributed by atoms with E-state index in [1.54, 1.807) is 42.5 Å². The van der Waals surface area contributed by atoms with E-state index >= 15 is 0 Å². The predicted octanol–water partition coefficient (Wildman–Crippen LogP) is 3.71. The van der Waals surface area contributed by atoms with Crippen molar-refractivity contribution in [3.05, 3.63) is 64.8 Å². The zero-order valence-electron chi connectivity index (χ0n) is 12.1. The molecule has 4 heteroatoms. The molecule has 0 fully saturated rings. The van der Waals surface area contributed by atoms with Gasteiger partial charge in [0.15, 0.2) is 11.4 Å². The van der Waals surface area contributed by atoms with Gasteiger partial charge in [0.25, 0.3) is 0 Å². The van der Waals surface area contributed by atoms with Crippen LogP contribution in [0.4, 0.5) is 0 Å². The first kappa shape index (κ1) is 14.1. The Morgan fingerprint density at radius 3 is 2.77 bits per heavy atom. The molecule has 0 spiro atoms. The zero-order valence-corrected chi connectivity index (χ0v) is 12.1. The molecule has 2 aromatic carbocycles. The molecule has 0 saturated carbocycles. The molecule has 1 aromatic heterocycles. The summed E-state index contributed by atoms with van der Waals surface area (Å²) >= 11 is 0. The van der Waals surface area contributed by atoms with E-state index < -0.39 is 0 Å². The number of rotatable bonds is 4. The van der Waals surface area contributed by atoms with E-state index in [9.17, 15) is 9.59 Å². The normalized spacial score (nSPS) is 10.8. The van der Waals surface area contributed by atoms with Crippen LogP contribution in [0.2, 0.25) is 0 Å². The number of fused-ring (bicyclic) bond motifs is 2. The number of benzene rings is 2. The number of carbonyl (C=O) groups excluding carboxylic acids is 1. The van der Waals surface area contributed by atoms with Gasteiger partial charge < -0.3 is 9.15 Å². The van der Waals surface area contributed by atoms with Crippen LogP contribution >= 0.6 is 0 Å². The Labute approximate surface area is 126 Å². The molecule has 0 radical (unpaired) electrons. The molecule has 0 aliphatic carbocycles. The monoisotopic (exact) mass is 294 g/mol. The topological polar surface area (TPSA) is 56.5 Å². The Morgan fingerprint density at radius 2 is 2.05 bits per heavy atom. The molecule has 1 heterocycles. The van der Waals surface area contributed by atoms with Crippen LogP contribution in [-0.2, 0) is 0 Å². The molecule has 0 atom stereocenters. The van der Waals surface area contributed by atoms with Crippen molar-refractivity contribution in [2.24, 2.45) is 0 Å². The highest BCUT2D eigenvalue weighted by Gasteiger charge is 2.17. The first-order chi connectivity index (χ1) is 10.6. The van der Waals surface area contributed by atoms with Crippen LogP contribution in [-0.4, -0.2) is 12.4 Å². The van der Waals surface area contributed by atoms with Gasteiger partial charge >= 0.3 is 0 Å².